The summed E-state index contributed by atoms with van der Waals surface area (Å²) in [6.45, 7) is 7.74. The van der Waals surface area contributed by atoms with Crippen molar-refractivity contribution in [1.82, 2.24) is 25.5 Å². The van der Waals surface area contributed by atoms with Crippen molar-refractivity contribution in [3.8, 4) is 0 Å². The zero-order chi connectivity index (χ0) is 12.5. The molecule has 0 saturated carbocycles. The van der Waals surface area contributed by atoms with Gasteiger partial charge in [0.15, 0.2) is 0 Å². The molecule has 0 saturated heterocycles. The number of hydrogen-bond acceptors (Lipinski definition) is 6. The van der Waals surface area contributed by atoms with Crippen LogP contribution in [0, 0.1) is 0 Å². The molecule has 1 aromatic rings. The highest BCUT2D eigenvalue weighted by Crippen LogP contribution is 2.18. The van der Waals surface area contributed by atoms with Crippen molar-refractivity contribution in [2.45, 2.75) is 30.7 Å². The summed E-state index contributed by atoms with van der Waals surface area (Å²) in [6.07, 6.45) is 1.05. The zero-order valence-corrected chi connectivity index (χ0v) is 11.5. The van der Waals surface area contributed by atoms with E-state index in [9.17, 15) is 0 Å². The molecule has 6 nitrogen and oxygen atoms in total. The molecule has 0 fully saturated rings. The van der Waals surface area contributed by atoms with Crippen molar-refractivity contribution in [3.63, 3.8) is 0 Å². The highest BCUT2D eigenvalue weighted by atomic mass is 32.2. The molecule has 0 aromatic carbocycles. The number of aromatic nitrogens is 4. The van der Waals surface area contributed by atoms with Crippen LogP contribution in [0.2, 0.25) is 0 Å². The van der Waals surface area contributed by atoms with Gasteiger partial charge in [0.05, 0.1) is 0 Å². The predicted molar refractivity (Wildman–Crippen MR) is 68.1 cm³/mol. The Morgan fingerprint density at radius 2 is 2.35 bits per heavy atom. The van der Waals surface area contributed by atoms with Crippen LogP contribution in [-0.4, -0.2) is 51.8 Å². The van der Waals surface area contributed by atoms with Gasteiger partial charge < -0.3 is 10.1 Å². The number of ether oxygens (including phenoxy) is 1. The lowest BCUT2D eigenvalue weighted by Gasteiger charge is -2.10. The summed E-state index contributed by atoms with van der Waals surface area (Å²) in [7, 11) is 1.85. The van der Waals surface area contributed by atoms with E-state index in [1.807, 2.05) is 14.0 Å². The van der Waals surface area contributed by atoms with Gasteiger partial charge in [-0.3, -0.25) is 0 Å². The molecular formula is C10H21N5OS. The van der Waals surface area contributed by atoms with E-state index in [0.29, 0.717) is 5.25 Å². The minimum absolute atomic E-state index is 0.451. The first-order valence-corrected chi connectivity index (χ1v) is 6.79. The van der Waals surface area contributed by atoms with Crippen LogP contribution in [0.1, 0.15) is 20.3 Å². The maximum atomic E-state index is 5.27. The van der Waals surface area contributed by atoms with Gasteiger partial charge in [0.25, 0.3) is 0 Å². The van der Waals surface area contributed by atoms with Gasteiger partial charge in [0, 0.05) is 32.1 Å². The summed E-state index contributed by atoms with van der Waals surface area (Å²) in [5, 5.41) is 16.1. The fourth-order valence-corrected chi connectivity index (χ4v) is 2.13. The molecule has 17 heavy (non-hydrogen) atoms. The van der Waals surface area contributed by atoms with E-state index in [2.05, 4.69) is 27.8 Å². The number of tetrazole rings is 1. The summed E-state index contributed by atoms with van der Waals surface area (Å²) in [4.78, 5) is 0. The smallest absolute Gasteiger partial charge is 0.209 e. The molecule has 1 heterocycles. The monoisotopic (exact) mass is 259 g/mol. The average molecular weight is 259 g/mol. The molecule has 1 N–H and O–H groups in total. The van der Waals surface area contributed by atoms with E-state index in [1.165, 1.54) is 0 Å². The SMILES string of the molecule is CCOCCCNCC(C)Sc1nnnn1C. The Hall–Kier alpha value is -0.660. The van der Waals surface area contributed by atoms with Crippen LogP contribution in [0.25, 0.3) is 0 Å². The van der Waals surface area contributed by atoms with E-state index in [-0.39, 0.29) is 0 Å². The Bertz CT molecular complexity index is 307. The number of nitrogens with one attached hydrogen (secondary N) is 1. The van der Waals surface area contributed by atoms with Crippen LogP contribution < -0.4 is 5.32 Å². The number of thioether (sulfide) groups is 1. The number of aryl methyl sites for hydroxylation is 1. The number of rotatable bonds is 9. The molecule has 0 amide bonds. The normalized spacial score (nSPS) is 12.9. The lowest BCUT2D eigenvalue weighted by atomic mass is 10.4. The Morgan fingerprint density at radius 3 is 3.00 bits per heavy atom. The van der Waals surface area contributed by atoms with E-state index < -0.39 is 0 Å². The molecule has 0 aliphatic heterocycles. The lowest BCUT2D eigenvalue weighted by Crippen LogP contribution is -2.24. The molecule has 1 rings (SSSR count). The molecule has 1 unspecified atom stereocenters. The fraction of sp³-hybridized carbons (Fsp3) is 0.900. The van der Waals surface area contributed by atoms with Crippen molar-refractivity contribution in [3.05, 3.63) is 0 Å². The third-order valence-corrected chi connectivity index (χ3v) is 3.29. The predicted octanol–water partition coefficient (Wildman–Crippen LogP) is 0.707. The van der Waals surface area contributed by atoms with Gasteiger partial charge in [-0.1, -0.05) is 18.7 Å². The molecule has 1 atom stereocenters. The van der Waals surface area contributed by atoms with Gasteiger partial charge in [-0.25, -0.2) is 4.68 Å². The Labute approximate surface area is 106 Å². The standard InChI is InChI=1S/C10H21N5OS/c1-4-16-7-5-6-11-8-9(2)17-10-12-13-14-15(10)3/h9,11H,4-8H2,1-3H3. The van der Waals surface area contributed by atoms with Gasteiger partial charge >= 0.3 is 0 Å². The number of hydrogen-bond donors (Lipinski definition) is 1. The van der Waals surface area contributed by atoms with Crippen molar-refractivity contribution in [2.24, 2.45) is 7.05 Å². The first-order chi connectivity index (χ1) is 8.24. The van der Waals surface area contributed by atoms with Gasteiger partial charge in [-0.15, -0.1) is 5.10 Å². The first-order valence-electron chi connectivity index (χ1n) is 5.91. The molecule has 0 spiro atoms. The first kappa shape index (κ1) is 14.4. The van der Waals surface area contributed by atoms with Crippen LogP contribution in [0.5, 0.6) is 0 Å². The highest BCUT2D eigenvalue weighted by Gasteiger charge is 2.08. The fourth-order valence-electron chi connectivity index (χ4n) is 1.29. The minimum atomic E-state index is 0.451. The summed E-state index contributed by atoms with van der Waals surface area (Å²) in [6, 6.07) is 0. The van der Waals surface area contributed by atoms with Crippen LogP contribution in [-0.2, 0) is 11.8 Å². The molecule has 0 radical (unpaired) electrons. The molecule has 98 valence electrons. The van der Waals surface area contributed by atoms with Gasteiger partial charge in [-0.2, -0.15) is 0 Å². The Balaban J connectivity index is 2.05. The maximum absolute atomic E-state index is 5.27. The van der Waals surface area contributed by atoms with Gasteiger partial charge in [0.1, 0.15) is 0 Å². The Morgan fingerprint density at radius 1 is 1.53 bits per heavy atom. The van der Waals surface area contributed by atoms with Crippen LogP contribution in [0.15, 0.2) is 5.16 Å². The van der Waals surface area contributed by atoms with E-state index in [0.717, 1.165) is 37.9 Å². The lowest BCUT2D eigenvalue weighted by molar-refractivity contribution is 0.145. The summed E-state index contributed by atoms with van der Waals surface area (Å²) in [5.74, 6) is 0. The number of nitrogens with zero attached hydrogens (tertiary/aromatic N) is 4. The third kappa shape index (κ3) is 5.99. The minimum Gasteiger partial charge on any atom is -0.382 e. The third-order valence-electron chi connectivity index (χ3n) is 2.17. The van der Waals surface area contributed by atoms with E-state index in [1.54, 1.807) is 16.4 Å². The second-order valence-corrected chi connectivity index (χ2v) is 5.17. The van der Waals surface area contributed by atoms with Gasteiger partial charge in [0.2, 0.25) is 5.16 Å². The quantitative estimate of drug-likeness (QED) is 0.520. The van der Waals surface area contributed by atoms with E-state index >= 15 is 0 Å². The second kappa shape index (κ2) is 8.43. The van der Waals surface area contributed by atoms with Crippen molar-refractivity contribution >= 4 is 11.8 Å². The summed E-state index contributed by atoms with van der Waals surface area (Å²) < 4.78 is 6.96. The zero-order valence-electron chi connectivity index (χ0n) is 10.7. The van der Waals surface area contributed by atoms with Crippen molar-refractivity contribution in [1.29, 1.82) is 0 Å². The average Bonchev–Trinajstić information content (AvgIpc) is 2.69. The molecule has 0 aliphatic rings. The highest BCUT2D eigenvalue weighted by molar-refractivity contribution is 7.99. The second-order valence-electron chi connectivity index (χ2n) is 3.77. The van der Waals surface area contributed by atoms with E-state index in [4.69, 9.17) is 4.74 Å². The van der Waals surface area contributed by atoms with Gasteiger partial charge in [-0.05, 0) is 30.3 Å². The largest absolute Gasteiger partial charge is 0.382 e. The van der Waals surface area contributed by atoms with Crippen LogP contribution >= 0.6 is 11.8 Å². The van der Waals surface area contributed by atoms with Crippen LogP contribution in [0.3, 0.4) is 0 Å². The summed E-state index contributed by atoms with van der Waals surface area (Å²) >= 11 is 1.68. The molecular weight excluding hydrogens is 238 g/mol. The van der Waals surface area contributed by atoms with Crippen molar-refractivity contribution in [2.75, 3.05) is 26.3 Å². The Kier molecular flexibility index (Phi) is 7.14. The molecule has 0 bridgehead atoms. The summed E-state index contributed by atoms with van der Waals surface area (Å²) in [5.41, 5.74) is 0. The topological polar surface area (TPSA) is 64.9 Å². The molecule has 0 aliphatic carbocycles. The maximum Gasteiger partial charge on any atom is 0.209 e. The molecule has 7 heteroatoms. The van der Waals surface area contributed by atoms with Crippen LogP contribution in [0.4, 0.5) is 0 Å². The van der Waals surface area contributed by atoms with Crippen molar-refractivity contribution < 1.29 is 4.74 Å². The molecule has 1 aromatic heterocycles.